The lowest BCUT2D eigenvalue weighted by molar-refractivity contribution is -0.143. The van der Waals surface area contributed by atoms with E-state index in [0.29, 0.717) is 10.8 Å². The number of nitrogens with zero attached hydrogens (tertiary/aromatic N) is 3. The Morgan fingerprint density at radius 1 is 1.64 bits per heavy atom. The minimum atomic E-state index is -0.581. The van der Waals surface area contributed by atoms with Crippen molar-refractivity contribution in [2.75, 3.05) is 30.6 Å². The average molecular weight is 400 g/mol. The minimum absolute atomic E-state index is 0.00104. The van der Waals surface area contributed by atoms with Crippen LogP contribution in [0.5, 0.6) is 0 Å². The first-order valence-corrected chi connectivity index (χ1v) is 10.6. The number of carbonyl (C=O) groups excluding carboxylic acids is 2. The average Bonchev–Trinajstić information content (AvgIpc) is 3.03. The standard InChI is InChI=1S/C14H17N5O3S3/c1-22-18-9(8-6-25-14(15)16-8)11(20)17-10-12(21)19-3-7(4-23-2)5-24-13(10)19/h3,6,10,13H,4-5H2,1-2H3,(H2,15,16)(H,17,20)/t10?,13-/m0/s1. The van der Waals surface area contributed by atoms with Crippen molar-refractivity contribution < 1.29 is 14.4 Å². The fourth-order valence-electron chi connectivity index (χ4n) is 2.53. The smallest absolute Gasteiger partial charge is 0.276 e. The number of thioether (sulfide) groups is 2. The Morgan fingerprint density at radius 2 is 2.44 bits per heavy atom. The van der Waals surface area contributed by atoms with Crippen molar-refractivity contribution in [3.63, 3.8) is 0 Å². The Hall–Kier alpha value is -1.72. The SMILES string of the molecule is CON=C(C(=O)NC1C(=O)N2C=C(CSC)CS[C@@H]12)c1csc(N)n1. The van der Waals surface area contributed by atoms with Gasteiger partial charge in [-0.1, -0.05) is 5.16 Å². The predicted molar refractivity (Wildman–Crippen MR) is 102 cm³/mol. The van der Waals surface area contributed by atoms with Gasteiger partial charge in [0.15, 0.2) is 10.8 Å². The van der Waals surface area contributed by atoms with Crippen LogP contribution in [0, 0.1) is 0 Å². The lowest BCUT2D eigenvalue weighted by Crippen LogP contribution is -2.69. The number of nitrogen functional groups attached to an aromatic ring is 1. The molecule has 0 saturated carbocycles. The van der Waals surface area contributed by atoms with E-state index >= 15 is 0 Å². The summed E-state index contributed by atoms with van der Waals surface area (Å²) < 4.78 is 0. The highest BCUT2D eigenvalue weighted by Crippen LogP contribution is 2.36. The third-order valence-electron chi connectivity index (χ3n) is 3.62. The van der Waals surface area contributed by atoms with E-state index in [0.717, 1.165) is 11.5 Å². The number of thiazole rings is 1. The molecule has 2 aliphatic heterocycles. The van der Waals surface area contributed by atoms with E-state index in [1.54, 1.807) is 33.8 Å². The molecule has 2 amide bonds. The maximum atomic E-state index is 12.5. The molecule has 0 bridgehead atoms. The normalized spacial score (nSPS) is 22.8. The van der Waals surface area contributed by atoms with Crippen LogP contribution in [-0.2, 0) is 14.4 Å². The molecule has 0 aliphatic carbocycles. The molecule has 0 aromatic carbocycles. The molecule has 1 aromatic heterocycles. The molecule has 1 fully saturated rings. The van der Waals surface area contributed by atoms with Gasteiger partial charge in [0, 0.05) is 23.1 Å². The van der Waals surface area contributed by atoms with Crippen LogP contribution in [0.4, 0.5) is 5.13 Å². The fourth-order valence-corrected chi connectivity index (χ4v) is 5.01. The van der Waals surface area contributed by atoms with E-state index in [1.807, 2.05) is 12.5 Å². The quantitative estimate of drug-likeness (QED) is 0.412. The monoisotopic (exact) mass is 399 g/mol. The van der Waals surface area contributed by atoms with Crippen molar-refractivity contribution in [3.8, 4) is 0 Å². The topological polar surface area (TPSA) is 110 Å². The zero-order valence-corrected chi connectivity index (χ0v) is 16.0. The van der Waals surface area contributed by atoms with Gasteiger partial charge in [0.05, 0.1) is 0 Å². The predicted octanol–water partition coefficient (Wildman–Crippen LogP) is 0.723. The second-order valence-electron chi connectivity index (χ2n) is 5.31. The second-order valence-corrected chi connectivity index (χ2v) is 8.17. The van der Waals surface area contributed by atoms with Crippen LogP contribution in [0.2, 0.25) is 0 Å². The number of aromatic nitrogens is 1. The Morgan fingerprint density at radius 3 is 3.08 bits per heavy atom. The molecular weight excluding hydrogens is 382 g/mol. The van der Waals surface area contributed by atoms with Crippen molar-refractivity contribution in [1.29, 1.82) is 0 Å². The number of hydrogen-bond donors (Lipinski definition) is 2. The summed E-state index contributed by atoms with van der Waals surface area (Å²) in [5, 5.41) is 8.32. The highest BCUT2D eigenvalue weighted by atomic mass is 32.2. The van der Waals surface area contributed by atoms with Crippen molar-refractivity contribution in [2.45, 2.75) is 11.4 Å². The van der Waals surface area contributed by atoms with Crippen LogP contribution < -0.4 is 11.1 Å². The molecule has 2 atom stereocenters. The summed E-state index contributed by atoms with van der Waals surface area (Å²) in [5.41, 5.74) is 7.14. The van der Waals surface area contributed by atoms with Gasteiger partial charge >= 0.3 is 0 Å². The van der Waals surface area contributed by atoms with Crippen molar-refractivity contribution in [3.05, 3.63) is 22.8 Å². The summed E-state index contributed by atoms with van der Waals surface area (Å²) in [6, 6.07) is -0.581. The molecule has 8 nitrogen and oxygen atoms in total. The van der Waals surface area contributed by atoms with E-state index < -0.39 is 11.9 Å². The first-order chi connectivity index (χ1) is 12.0. The van der Waals surface area contributed by atoms with E-state index in [4.69, 9.17) is 10.6 Å². The van der Waals surface area contributed by atoms with Crippen LogP contribution in [0.3, 0.4) is 0 Å². The Balaban J connectivity index is 1.69. The van der Waals surface area contributed by atoms with Crippen LogP contribution in [-0.4, -0.2) is 63.7 Å². The number of fused-ring (bicyclic) bond motifs is 1. The first kappa shape index (κ1) is 18.1. The van der Waals surface area contributed by atoms with E-state index in [2.05, 4.69) is 15.5 Å². The summed E-state index contributed by atoms with van der Waals surface area (Å²) in [6.07, 6.45) is 3.92. The molecule has 0 spiro atoms. The molecular formula is C14H17N5O3S3. The van der Waals surface area contributed by atoms with Gasteiger partial charge in [-0.15, -0.1) is 23.1 Å². The molecule has 2 aliphatic rings. The number of anilines is 1. The maximum absolute atomic E-state index is 12.5. The number of nitrogens with one attached hydrogen (secondary N) is 1. The van der Waals surface area contributed by atoms with Gasteiger partial charge < -0.3 is 20.8 Å². The Kier molecular flexibility index (Phi) is 5.54. The zero-order chi connectivity index (χ0) is 18.0. The van der Waals surface area contributed by atoms with Gasteiger partial charge in [0.25, 0.3) is 11.8 Å². The van der Waals surface area contributed by atoms with Gasteiger partial charge in [0.1, 0.15) is 24.2 Å². The van der Waals surface area contributed by atoms with Gasteiger partial charge in [-0.3, -0.25) is 9.59 Å². The van der Waals surface area contributed by atoms with E-state index in [1.165, 1.54) is 24.0 Å². The van der Waals surface area contributed by atoms with Crippen molar-refractivity contribution >= 4 is 57.5 Å². The molecule has 1 unspecified atom stereocenters. The highest BCUT2D eigenvalue weighted by Gasteiger charge is 2.49. The Bertz CT molecular complexity index is 748. The molecule has 3 heterocycles. The number of nitrogens with two attached hydrogens (primary N) is 1. The van der Waals surface area contributed by atoms with Gasteiger partial charge in [-0.05, 0) is 11.8 Å². The summed E-state index contributed by atoms with van der Waals surface area (Å²) in [6.45, 7) is 0. The largest absolute Gasteiger partial charge is 0.398 e. The molecule has 11 heteroatoms. The number of β-lactam (4-membered cyclic amide) rings is 1. The zero-order valence-electron chi connectivity index (χ0n) is 13.6. The van der Waals surface area contributed by atoms with Crippen LogP contribution in [0.25, 0.3) is 0 Å². The molecule has 1 aromatic rings. The molecule has 25 heavy (non-hydrogen) atoms. The fraction of sp³-hybridized carbons (Fsp3) is 0.429. The van der Waals surface area contributed by atoms with E-state index in [-0.39, 0.29) is 17.0 Å². The maximum Gasteiger partial charge on any atom is 0.276 e. The number of carbonyl (C=O) groups is 2. The number of rotatable bonds is 6. The van der Waals surface area contributed by atoms with E-state index in [9.17, 15) is 9.59 Å². The number of amides is 2. The van der Waals surface area contributed by atoms with Crippen molar-refractivity contribution in [2.24, 2.45) is 5.16 Å². The lowest BCUT2D eigenvalue weighted by atomic mass is 10.1. The van der Waals surface area contributed by atoms with Gasteiger partial charge in [-0.25, -0.2) is 4.98 Å². The molecule has 3 N–H and O–H groups in total. The number of oxime groups is 1. The molecule has 134 valence electrons. The first-order valence-electron chi connectivity index (χ1n) is 7.30. The minimum Gasteiger partial charge on any atom is -0.398 e. The summed E-state index contributed by atoms with van der Waals surface area (Å²) in [5.74, 6) is 1.11. The van der Waals surface area contributed by atoms with Gasteiger partial charge in [-0.2, -0.15) is 11.8 Å². The third-order valence-corrected chi connectivity index (χ3v) is 6.33. The molecule has 1 saturated heterocycles. The summed E-state index contributed by atoms with van der Waals surface area (Å²) >= 11 is 4.57. The van der Waals surface area contributed by atoms with Crippen LogP contribution >= 0.6 is 34.9 Å². The van der Waals surface area contributed by atoms with Gasteiger partial charge in [0.2, 0.25) is 0 Å². The Labute approximate surface area is 157 Å². The van der Waals surface area contributed by atoms with Crippen LogP contribution in [0.1, 0.15) is 5.69 Å². The summed E-state index contributed by atoms with van der Waals surface area (Å²) in [4.78, 5) is 35.3. The summed E-state index contributed by atoms with van der Waals surface area (Å²) in [7, 11) is 1.34. The lowest BCUT2D eigenvalue weighted by Gasteiger charge is -2.47. The highest BCUT2D eigenvalue weighted by molar-refractivity contribution is 8.00. The third kappa shape index (κ3) is 3.62. The van der Waals surface area contributed by atoms with Crippen molar-refractivity contribution in [1.82, 2.24) is 15.2 Å². The second kappa shape index (κ2) is 7.67. The molecule has 3 rings (SSSR count). The van der Waals surface area contributed by atoms with Crippen LogP contribution in [0.15, 0.2) is 22.3 Å². The number of hydrogen-bond acceptors (Lipinski definition) is 9. The molecule has 0 radical (unpaired) electrons.